The van der Waals surface area contributed by atoms with Gasteiger partial charge in [-0.1, -0.05) is 20.8 Å². The fraction of sp³-hybridized carbons (Fsp3) is 0.538. The third kappa shape index (κ3) is 6.37. The molecule has 0 unspecified atom stereocenters. The number of alkyl halides is 3. The Bertz CT molecular complexity index is 328. The van der Waals surface area contributed by atoms with Crippen molar-refractivity contribution in [1.29, 1.82) is 0 Å². The molecule has 1 N–H and O–H groups in total. The predicted molar refractivity (Wildman–Crippen MR) is 65.9 cm³/mol. The maximum atomic E-state index is 11.9. The molecular formula is C13H18F3NO. The van der Waals surface area contributed by atoms with Gasteiger partial charge >= 0.3 is 6.18 Å². The van der Waals surface area contributed by atoms with E-state index >= 15 is 0 Å². The van der Waals surface area contributed by atoms with Gasteiger partial charge in [-0.05, 0) is 29.7 Å². The summed E-state index contributed by atoms with van der Waals surface area (Å²) in [7, 11) is 0. The number of ether oxygens (including phenoxy) is 1. The maximum absolute atomic E-state index is 11.9. The monoisotopic (exact) mass is 261 g/mol. The summed E-state index contributed by atoms with van der Waals surface area (Å²) in [4.78, 5) is 0. The van der Waals surface area contributed by atoms with E-state index in [-0.39, 0.29) is 11.2 Å². The van der Waals surface area contributed by atoms with Crippen molar-refractivity contribution in [3.05, 3.63) is 24.3 Å². The largest absolute Gasteiger partial charge is 0.484 e. The third-order valence-corrected chi connectivity index (χ3v) is 2.08. The van der Waals surface area contributed by atoms with E-state index in [1.807, 2.05) is 0 Å². The van der Waals surface area contributed by atoms with E-state index in [1.165, 1.54) is 12.1 Å². The first kappa shape index (κ1) is 14.7. The van der Waals surface area contributed by atoms with Crippen LogP contribution in [0.4, 0.5) is 18.9 Å². The SMILES string of the molecule is CC(C)(C)CNc1ccc(OCC(F)(F)F)cc1. The van der Waals surface area contributed by atoms with Crippen LogP contribution in [0.2, 0.25) is 0 Å². The molecule has 0 fully saturated rings. The average molecular weight is 261 g/mol. The highest BCUT2D eigenvalue weighted by atomic mass is 19.4. The summed E-state index contributed by atoms with van der Waals surface area (Å²) in [6.07, 6.45) is -4.30. The van der Waals surface area contributed by atoms with E-state index < -0.39 is 12.8 Å². The van der Waals surface area contributed by atoms with E-state index in [0.29, 0.717) is 0 Å². The second-order valence-electron chi connectivity index (χ2n) is 5.34. The fourth-order valence-electron chi connectivity index (χ4n) is 1.20. The minimum Gasteiger partial charge on any atom is -0.484 e. The summed E-state index contributed by atoms with van der Waals surface area (Å²) in [5, 5.41) is 3.21. The average Bonchev–Trinajstić information content (AvgIpc) is 2.23. The second kappa shape index (κ2) is 5.50. The molecule has 0 aliphatic rings. The first-order valence-corrected chi connectivity index (χ1v) is 5.69. The van der Waals surface area contributed by atoms with Crippen molar-refractivity contribution in [2.45, 2.75) is 26.9 Å². The lowest BCUT2D eigenvalue weighted by molar-refractivity contribution is -0.153. The van der Waals surface area contributed by atoms with Gasteiger partial charge in [0.25, 0.3) is 0 Å². The Morgan fingerprint density at radius 2 is 1.61 bits per heavy atom. The van der Waals surface area contributed by atoms with E-state index in [2.05, 4.69) is 30.8 Å². The fourth-order valence-corrected chi connectivity index (χ4v) is 1.20. The standard InChI is InChI=1S/C13H18F3NO/c1-12(2,3)8-17-10-4-6-11(7-5-10)18-9-13(14,15)16/h4-7,17H,8-9H2,1-3H3. The minimum absolute atomic E-state index is 0.144. The van der Waals surface area contributed by atoms with E-state index in [0.717, 1.165) is 12.2 Å². The van der Waals surface area contributed by atoms with Crippen molar-refractivity contribution < 1.29 is 17.9 Å². The van der Waals surface area contributed by atoms with Crippen molar-refractivity contribution in [2.24, 2.45) is 5.41 Å². The van der Waals surface area contributed by atoms with Crippen LogP contribution in [0.15, 0.2) is 24.3 Å². The zero-order valence-electron chi connectivity index (χ0n) is 10.8. The van der Waals surface area contributed by atoms with Gasteiger partial charge in [0.15, 0.2) is 6.61 Å². The highest BCUT2D eigenvalue weighted by Gasteiger charge is 2.28. The minimum atomic E-state index is -4.30. The van der Waals surface area contributed by atoms with Crippen LogP contribution in [0.5, 0.6) is 5.75 Å². The van der Waals surface area contributed by atoms with Gasteiger partial charge in [-0.25, -0.2) is 0 Å². The summed E-state index contributed by atoms with van der Waals surface area (Å²) >= 11 is 0. The van der Waals surface area contributed by atoms with E-state index in [1.54, 1.807) is 12.1 Å². The number of hydrogen-bond acceptors (Lipinski definition) is 2. The van der Waals surface area contributed by atoms with Gasteiger partial charge in [-0.15, -0.1) is 0 Å². The van der Waals surface area contributed by atoms with Crippen molar-refractivity contribution in [3.8, 4) is 5.75 Å². The van der Waals surface area contributed by atoms with Gasteiger partial charge in [0, 0.05) is 12.2 Å². The van der Waals surface area contributed by atoms with Gasteiger partial charge in [-0.2, -0.15) is 13.2 Å². The molecule has 1 rings (SSSR count). The van der Waals surface area contributed by atoms with Gasteiger partial charge in [0.2, 0.25) is 0 Å². The Morgan fingerprint density at radius 3 is 2.06 bits per heavy atom. The molecule has 0 atom stereocenters. The molecular weight excluding hydrogens is 243 g/mol. The van der Waals surface area contributed by atoms with Gasteiger partial charge < -0.3 is 10.1 Å². The quantitative estimate of drug-likeness (QED) is 0.881. The van der Waals surface area contributed by atoms with E-state index in [9.17, 15) is 13.2 Å². The summed E-state index contributed by atoms with van der Waals surface area (Å²) < 4.78 is 40.4. The summed E-state index contributed by atoms with van der Waals surface area (Å²) in [5.74, 6) is 0.216. The molecule has 0 bridgehead atoms. The highest BCUT2D eigenvalue weighted by Crippen LogP contribution is 2.21. The van der Waals surface area contributed by atoms with Gasteiger partial charge in [-0.3, -0.25) is 0 Å². The third-order valence-electron chi connectivity index (χ3n) is 2.08. The van der Waals surface area contributed by atoms with Crippen molar-refractivity contribution in [1.82, 2.24) is 0 Å². The first-order valence-electron chi connectivity index (χ1n) is 5.69. The molecule has 0 spiro atoms. The summed E-state index contributed by atoms with van der Waals surface area (Å²) in [6, 6.07) is 6.46. The van der Waals surface area contributed by atoms with Crippen LogP contribution in [-0.2, 0) is 0 Å². The molecule has 0 heterocycles. The molecule has 0 saturated carbocycles. The molecule has 0 radical (unpaired) electrons. The van der Waals surface area contributed by atoms with E-state index in [4.69, 9.17) is 0 Å². The Morgan fingerprint density at radius 1 is 1.06 bits per heavy atom. The number of nitrogens with one attached hydrogen (secondary N) is 1. The number of anilines is 1. The lowest BCUT2D eigenvalue weighted by Crippen LogP contribution is -2.19. The number of rotatable bonds is 4. The van der Waals surface area contributed by atoms with Gasteiger partial charge in [0.05, 0.1) is 0 Å². The second-order valence-corrected chi connectivity index (χ2v) is 5.34. The molecule has 0 amide bonds. The Hall–Kier alpha value is -1.39. The normalized spacial score (nSPS) is 12.3. The van der Waals surface area contributed by atoms with Crippen molar-refractivity contribution in [2.75, 3.05) is 18.5 Å². The molecule has 0 aromatic heterocycles. The molecule has 0 saturated heterocycles. The lowest BCUT2D eigenvalue weighted by Gasteiger charge is -2.19. The van der Waals surface area contributed by atoms with Crippen LogP contribution in [0.25, 0.3) is 0 Å². The summed E-state index contributed by atoms with van der Waals surface area (Å²) in [6.45, 7) is 5.82. The Kier molecular flexibility index (Phi) is 4.48. The molecule has 2 nitrogen and oxygen atoms in total. The molecule has 1 aromatic rings. The smallest absolute Gasteiger partial charge is 0.422 e. The van der Waals surface area contributed by atoms with Crippen LogP contribution in [0.3, 0.4) is 0 Å². The lowest BCUT2D eigenvalue weighted by atomic mass is 9.97. The summed E-state index contributed by atoms with van der Waals surface area (Å²) in [5.41, 5.74) is 1.01. The van der Waals surface area contributed by atoms with Crippen LogP contribution < -0.4 is 10.1 Å². The zero-order valence-corrected chi connectivity index (χ0v) is 10.8. The Balaban J connectivity index is 2.48. The van der Waals surface area contributed by atoms with Crippen LogP contribution in [-0.4, -0.2) is 19.3 Å². The number of halogens is 3. The molecule has 5 heteroatoms. The topological polar surface area (TPSA) is 21.3 Å². The number of benzene rings is 1. The molecule has 18 heavy (non-hydrogen) atoms. The van der Waals surface area contributed by atoms with Gasteiger partial charge in [0.1, 0.15) is 5.75 Å². The zero-order chi connectivity index (χ0) is 13.8. The molecule has 102 valence electrons. The molecule has 0 aliphatic carbocycles. The first-order chi connectivity index (χ1) is 8.16. The highest BCUT2D eigenvalue weighted by molar-refractivity contribution is 5.46. The molecule has 1 aromatic carbocycles. The molecule has 0 aliphatic heterocycles. The number of hydrogen-bond donors (Lipinski definition) is 1. The predicted octanol–water partition coefficient (Wildman–Crippen LogP) is 4.09. The maximum Gasteiger partial charge on any atom is 0.422 e. The van der Waals surface area contributed by atoms with Crippen LogP contribution in [0.1, 0.15) is 20.8 Å². The van der Waals surface area contributed by atoms with Crippen molar-refractivity contribution >= 4 is 5.69 Å². The Labute approximate surface area is 105 Å². The van der Waals surface area contributed by atoms with Crippen molar-refractivity contribution in [3.63, 3.8) is 0 Å². The van der Waals surface area contributed by atoms with Crippen LogP contribution in [0, 0.1) is 5.41 Å². The van der Waals surface area contributed by atoms with Crippen LogP contribution >= 0.6 is 0 Å².